The van der Waals surface area contributed by atoms with Crippen LogP contribution in [0.2, 0.25) is 0 Å². The Morgan fingerprint density at radius 2 is 1.88 bits per heavy atom. The number of nitrogens with two attached hydrogens (primary N) is 1. The lowest BCUT2D eigenvalue weighted by Gasteiger charge is -2.17. The normalized spacial score (nSPS) is 10.2. The van der Waals surface area contributed by atoms with Crippen LogP contribution in [-0.2, 0) is 0 Å². The van der Waals surface area contributed by atoms with Crippen LogP contribution < -0.4 is 20.5 Å². The zero-order valence-electron chi connectivity index (χ0n) is 11.1. The molecular weight excluding hydrogens is 216 g/mol. The molecule has 0 aliphatic carbocycles. The zero-order valence-corrected chi connectivity index (χ0v) is 11.1. The monoisotopic (exact) mass is 238 g/mol. The first-order valence-electron chi connectivity index (χ1n) is 5.81. The van der Waals surface area contributed by atoms with E-state index in [-0.39, 0.29) is 0 Å². The minimum absolute atomic E-state index is 0.678. The molecule has 0 unspecified atom stereocenters. The molecular formula is C13H22N2O2. The predicted molar refractivity (Wildman–Crippen MR) is 71.2 cm³/mol. The highest BCUT2D eigenvalue weighted by molar-refractivity contribution is 5.66. The highest BCUT2D eigenvalue weighted by Crippen LogP contribution is 2.36. The van der Waals surface area contributed by atoms with Gasteiger partial charge in [0, 0.05) is 12.6 Å². The van der Waals surface area contributed by atoms with Crippen molar-refractivity contribution in [3.05, 3.63) is 17.2 Å². The van der Waals surface area contributed by atoms with Crippen LogP contribution in [0.1, 0.15) is 17.5 Å². The van der Waals surface area contributed by atoms with Crippen molar-refractivity contribution in [3.8, 4) is 11.5 Å². The second-order valence-corrected chi connectivity index (χ2v) is 3.98. The fourth-order valence-corrected chi connectivity index (χ4v) is 1.79. The maximum absolute atomic E-state index is 5.48. The summed E-state index contributed by atoms with van der Waals surface area (Å²) < 4.78 is 10.8. The summed E-state index contributed by atoms with van der Waals surface area (Å²) in [6.07, 6.45) is 0.929. The zero-order chi connectivity index (χ0) is 12.8. The second kappa shape index (κ2) is 6.35. The Morgan fingerprint density at radius 1 is 1.18 bits per heavy atom. The summed E-state index contributed by atoms with van der Waals surface area (Å²) in [4.78, 5) is 0. The molecule has 0 fully saturated rings. The molecule has 3 N–H and O–H groups in total. The van der Waals surface area contributed by atoms with Crippen LogP contribution in [0.4, 0.5) is 5.69 Å². The smallest absolute Gasteiger partial charge is 0.145 e. The molecule has 0 aliphatic heterocycles. The number of benzene rings is 1. The van der Waals surface area contributed by atoms with Crippen molar-refractivity contribution in [3.63, 3.8) is 0 Å². The minimum Gasteiger partial charge on any atom is -0.496 e. The van der Waals surface area contributed by atoms with E-state index in [0.29, 0.717) is 6.54 Å². The van der Waals surface area contributed by atoms with E-state index in [1.54, 1.807) is 14.2 Å². The van der Waals surface area contributed by atoms with Gasteiger partial charge in [0.15, 0.2) is 0 Å². The molecule has 0 spiro atoms. The summed E-state index contributed by atoms with van der Waals surface area (Å²) >= 11 is 0. The topological polar surface area (TPSA) is 56.5 Å². The quantitative estimate of drug-likeness (QED) is 0.745. The Balaban J connectivity index is 3.04. The molecule has 4 heteroatoms. The first-order chi connectivity index (χ1) is 8.15. The van der Waals surface area contributed by atoms with E-state index in [1.165, 1.54) is 0 Å². The standard InChI is InChI=1S/C13H22N2O2/c1-9-10(2)13(17-4)11(8-12(9)16-3)15-7-5-6-14/h8,15H,5-7,14H2,1-4H3. The minimum atomic E-state index is 0.678. The van der Waals surface area contributed by atoms with Crippen molar-refractivity contribution >= 4 is 5.69 Å². The summed E-state index contributed by atoms with van der Waals surface area (Å²) in [5.41, 5.74) is 8.64. The van der Waals surface area contributed by atoms with Gasteiger partial charge in [-0.1, -0.05) is 0 Å². The van der Waals surface area contributed by atoms with E-state index in [4.69, 9.17) is 15.2 Å². The summed E-state index contributed by atoms with van der Waals surface area (Å²) in [6, 6.07) is 1.97. The average molecular weight is 238 g/mol. The van der Waals surface area contributed by atoms with Crippen LogP contribution in [0.25, 0.3) is 0 Å². The van der Waals surface area contributed by atoms with Crippen LogP contribution in [0.3, 0.4) is 0 Å². The SMILES string of the molecule is COc1cc(NCCCN)c(OC)c(C)c1C. The van der Waals surface area contributed by atoms with Crippen molar-refractivity contribution in [2.24, 2.45) is 5.73 Å². The van der Waals surface area contributed by atoms with Crippen LogP contribution in [0.15, 0.2) is 6.07 Å². The summed E-state index contributed by atoms with van der Waals surface area (Å²) in [6.45, 7) is 5.57. The number of hydrogen-bond donors (Lipinski definition) is 2. The maximum atomic E-state index is 5.48. The number of rotatable bonds is 6. The molecule has 96 valence electrons. The molecule has 0 bridgehead atoms. The van der Waals surface area contributed by atoms with Crippen LogP contribution in [-0.4, -0.2) is 27.3 Å². The summed E-state index contributed by atoms with van der Waals surface area (Å²) in [7, 11) is 3.36. The molecule has 0 aromatic heterocycles. The van der Waals surface area contributed by atoms with Crippen LogP contribution >= 0.6 is 0 Å². The fraction of sp³-hybridized carbons (Fsp3) is 0.538. The van der Waals surface area contributed by atoms with Gasteiger partial charge in [0.1, 0.15) is 11.5 Å². The van der Waals surface area contributed by atoms with Gasteiger partial charge in [-0.25, -0.2) is 0 Å². The molecule has 1 rings (SSSR count). The van der Waals surface area contributed by atoms with Gasteiger partial charge in [-0.3, -0.25) is 0 Å². The van der Waals surface area contributed by atoms with E-state index in [2.05, 4.69) is 5.32 Å². The molecule has 17 heavy (non-hydrogen) atoms. The van der Waals surface area contributed by atoms with Gasteiger partial charge in [0.25, 0.3) is 0 Å². The molecule has 4 nitrogen and oxygen atoms in total. The summed E-state index contributed by atoms with van der Waals surface area (Å²) in [5.74, 6) is 1.75. The van der Waals surface area contributed by atoms with Crippen molar-refractivity contribution < 1.29 is 9.47 Å². The van der Waals surface area contributed by atoms with E-state index in [1.807, 2.05) is 19.9 Å². The lowest BCUT2D eigenvalue weighted by atomic mass is 10.1. The fourth-order valence-electron chi connectivity index (χ4n) is 1.79. The number of nitrogens with one attached hydrogen (secondary N) is 1. The Morgan fingerprint density at radius 3 is 2.41 bits per heavy atom. The van der Waals surface area contributed by atoms with Gasteiger partial charge in [0.05, 0.1) is 19.9 Å². The van der Waals surface area contributed by atoms with Gasteiger partial charge in [-0.05, 0) is 37.9 Å². The Kier molecular flexibility index (Phi) is 5.10. The van der Waals surface area contributed by atoms with Gasteiger partial charge < -0.3 is 20.5 Å². The van der Waals surface area contributed by atoms with Crippen molar-refractivity contribution in [1.29, 1.82) is 0 Å². The van der Waals surface area contributed by atoms with Gasteiger partial charge in [-0.15, -0.1) is 0 Å². The number of ether oxygens (including phenoxy) is 2. The molecule has 0 saturated heterocycles. The highest BCUT2D eigenvalue weighted by Gasteiger charge is 2.13. The average Bonchev–Trinajstić information content (AvgIpc) is 2.34. The third-order valence-corrected chi connectivity index (χ3v) is 2.91. The predicted octanol–water partition coefficient (Wildman–Crippen LogP) is 2.08. The highest BCUT2D eigenvalue weighted by atomic mass is 16.5. The lowest BCUT2D eigenvalue weighted by Crippen LogP contribution is -2.10. The van der Waals surface area contributed by atoms with E-state index in [0.717, 1.165) is 41.3 Å². The first kappa shape index (κ1) is 13.6. The lowest BCUT2D eigenvalue weighted by molar-refractivity contribution is 0.399. The maximum Gasteiger partial charge on any atom is 0.145 e. The molecule has 1 aromatic carbocycles. The number of hydrogen-bond acceptors (Lipinski definition) is 4. The first-order valence-corrected chi connectivity index (χ1v) is 5.81. The molecule has 0 radical (unpaired) electrons. The van der Waals surface area contributed by atoms with Crippen LogP contribution in [0.5, 0.6) is 11.5 Å². The Hall–Kier alpha value is -1.42. The number of methoxy groups -OCH3 is 2. The van der Waals surface area contributed by atoms with Crippen LogP contribution in [0, 0.1) is 13.8 Å². The van der Waals surface area contributed by atoms with Gasteiger partial charge >= 0.3 is 0 Å². The molecule has 0 atom stereocenters. The number of anilines is 1. The molecule has 0 amide bonds. The summed E-state index contributed by atoms with van der Waals surface area (Å²) in [5, 5.41) is 3.32. The van der Waals surface area contributed by atoms with E-state index in [9.17, 15) is 0 Å². The van der Waals surface area contributed by atoms with E-state index < -0.39 is 0 Å². The third-order valence-electron chi connectivity index (χ3n) is 2.91. The molecule has 0 saturated carbocycles. The van der Waals surface area contributed by atoms with Crippen molar-refractivity contribution in [2.75, 3.05) is 32.6 Å². The van der Waals surface area contributed by atoms with Crippen molar-refractivity contribution in [1.82, 2.24) is 0 Å². The Labute approximate surface area is 103 Å². The Bertz CT molecular complexity index is 378. The van der Waals surface area contributed by atoms with Gasteiger partial charge in [0.2, 0.25) is 0 Å². The van der Waals surface area contributed by atoms with E-state index >= 15 is 0 Å². The van der Waals surface area contributed by atoms with Crippen molar-refractivity contribution in [2.45, 2.75) is 20.3 Å². The molecule has 1 aromatic rings. The third kappa shape index (κ3) is 3.03. The van der Waals surface area contributed by atoms with Gasteiger partial charge in [-0.2, -0.15) is 0 Å². The largest absolute Gasteiger partial charge is 0.496 e. The molecule has 0 heterocycles. The molecule has 0 aliphatic rings. The second-order valence-electron chi connectivity index (χ2n) is 3.98.